The number of fused-ring (bicyclic) bond motifs is 3. The molecule has 22 heavy (non-hydrogen) atoms. The Morgan fingerprint density at radius 1 is 1.18 bits per heavy atom. The normalized spacial score (nSPS) is 19.7. The van der Waals surface area contributed by atoms with Crippen LogP contribution < -0.4 is 15.4 Å². The summed E-state index contributed by atoms with van der Waals surface area (Å²) in [7, 11) is 1.65. The highest BCUT2D eigenvalue weighted by Crippen LogP contribution is 2.42. The van der Waals surface area contributed by atoms with E-state index in [1.165, 1.54) is 23.3 Å². The van der Waals surface area contributed by atoms with Crippen molar-refractivity contribution in [2.24, 2.45) is 0 Å². The van der Waals surface area contributed by atoms with Gasteiger partial charge in [-0.05, 0) is 37.3 Å². The van der Waals surface area contributed by atoms with Gasteiger partial charge in [0, 0.05) is 10.4 Å². The maximum absolute atomic E-state index is 12.6. The lowest BCUT2D eigenvalue weighted by Gasteiger charge is -2.27. The van der Waals surface area contributed by atoms with Crippen LogP contribution in [0.2, 0.25) is 0 Å². The van der Waals surface area contributed by atoms with Gasteiger partial charge in [-0.2, -0.15) is 0 Å². The van der Waals surface area contributed by atoms with Crippen molar-refractivity contribution in [3.63, 3.8) is 0 Å². The van der Waals surface area contributed by atoms with E-state index < -0.39 is 0 Å². The van der Waals surface area contributed by atoms with Gasteiger partial charge < -0.3 is 15.4 Å². The quantitative estimate of drug-likeness (QED) is 0.892. The highest BCUT2D eigenvalue weighted by atomic mass is 32.1. The van der Waals surface area contributed by atoms with Gasteiger partial charge in [-0.15, -0.1) is 11.3 Å². The summed E-state index contributed by atoms with van der Waals surface area (Å²) in [6, 6.07) is 7.79. The van der Waals surface area contributed by atoms with E-state index >= 15 is 0 Å². The lowest BCUT2D eigenvalue weighted by atomic mass is 9.94. The molecular formula is C17H18N2O2S. The van der Waals surface area contributed by atoms with Crippen LogP contribution in [-0.2, 0) is 12.8 Å². The van der Waals surface area contributed by atoms with Crippen molar-refractivity contribution in [3.05, 3.63) is 45.8 Å². The number of benzene rings is 1. The maximum atomic E-state index is 12.6. The molecule has 4 nitrogen and oxygen atoms in total. The fourth-order valence-corrected chi connectivity index (χ4v) is 4.65. The van der Waals surface area contributed by atoms with Crippen molar-refractivity contribution in [2.75, 3.05) is 12.4 Å². The third kappa shape index (κ3) is 2.08. The van der Waals surface area contributed by atoms with E-state index in [9.17, 15) is 4.79 Å². The number of amides is 1. The number of aryl methyl sites for hydroxylation is 1. The predicted octanol–water partition coefficient (Wildman–Crippen LogP) is 3.49. The Hall–Kier alpha value is -2.01. The zero-order valence-corrected chi connectivity index (χ0v) is 13.3. The lowest BCUT2D eigenvalue weighted by Crippen LogP contribution is -2.38. The molecule has 1 aromatic carbocycles. The van der Waals surface area contributed by atoms with E-state index in [1.54, 1.807) is 18.4 Å². The first-order valence-electron chi connectivity index (χ1n) is 7.63. The zero-order chi connectivity index (χ0) is 15.1. The van der Waals surface area contributed by atoms with Gasteiger partial charge >= 0.3 is 0 Å². The first kappa shape index (κ1) is 13.6. The highest BCUT2D eigenvalue weighted by molar-refractivity contribution is 7.16. The number of para-hydroxylation sites is 1. The number of carbonyl (C=O) groups is 1. The van der Waals surface area contributed by atoms with Crippen LogP contribution in [0.25, 0.3) is 0 Å². The monoisotopic (exact) mass is 314 g/mol. The minimum Gasteiger partial charge on any atom is -0.496 e. The topological polar surface area (TPSA) is 50.4 Å². The molecule has 0 fully saturated rings. The molecule has 0 unspecified atom stereocenters. The maximum Gasteiger partial charge on any atom is 0.256 e. The van der Waals surface area contributed by atoms with Crippen molar-refractivity contribution < 1.29 is 9.53 Å². The fraction of sp³-hybridized carbons (Fsp3) is 0.353. The first-order chi connectivity index (χ1) is 10.8. The van der Waals surface area contributed by atoms with Crippen LogP contribution in [-0.4, -0.2) is 13.0 Å². The number of hydrogen-bond acceptors (Lipinski definition) is 4. The van der Waals surface area contributed by atoms with Crippen LogP contribution in [0.15, 0.2) is 24.3 Å². The summed E-state index contributed by atoms with van der Waals surface area (Å²) >= 11 is 1.74. The van der Waals surface area contributed by atoms with E-state index in [-0.39, 0.29) is 12.1 Å². The number of carbonyl (C=O) groups excluding carboxylic acids is 1. The highest BCUT2D eigenvalue weighted by Gasteiger charge is 2.32. The summed E-state index contributed by atoms with van der Waals surface area (Å²) in [4.78, 5) is 14.0. The van der Waals surface area contributed by atoms with Gasteiger partial charge in [0.1, 0.15) is 16.9 Å². The minimum atomic E-state index is -0.240. The van der Waals surface area contributed by atoms with Gasteiger partial charge in [-0.1, -0.05) is 18.2 Å². The number of hydrogen-bond donors (Lipinski definition) is 2. The molecule has 1 atom stereocenters. The van der Waals surface area contributed by atoms with Crippen molar-refractivity contribution in [1.82, 2.24) is 5.32 Å². The molecule has 1 aliphatic heterocycles. The third-order valence-electron chi connectivity index (χ3n) is 4.40. The molecular weight excluding hydrogens is 296 g/mol. The second-order valence-corrected chi connectivity index (χ2v) is 6.81. The molecule has 2 aromatic rings. The molecule has 0 bridgehead atoms. The Morgan fingerprint density at radius 2 is 2.00 bits per heavy atom. The van der Waals surface area contributed by atoms with Gasteiger partial charge in [-0.3, -0.25) is 4.79 Å². The molecule has 2 heterocycles. The molecule has 2 N–H and O–H groups in total. The molecule has 4 rings (SSSR count). The Morgan fingerprint density at radius 3 is 2.86 bits per heavy atom. The Balaban J connectivity index is 1.73. The van der Waals surface area contributed by atoms with E-state index in [2.05, 4.69) is 10.6 Å². The standard InChI is InChI=1S/C17H18N2O2S/c1-21-12-8-4-2-6-10(12)15-18-16(20)14-11-7-3-5-9-13(11)22-17(14)19-15/h2,4,6,8,15,19H,3,5,7,9H2,1H3,(H,18,20)/t15-/m0/s1. The third-order valence-corrected chi connectivity index (χ3v) is 5.62. The van der Waals surface area contributed by atoms with Gasteiger partial charge in [0.15, 0.2) is 0 Å². The molecule has 5 heteroatoms. The van der Waals surface area contributed by atoms with Gasteiger partial charge in [0.25, 0.3) is 5.91 Å². The number of anilines is 1. The molecule has 0 spiro atoms. The summed E-state index contributed by atoms with van der Waals surface area (Å²) in [6.45, 7) is 0. The van der Waals surface area contributed by atoms with Crippen molar-refractivity contribution in [3.8, 4) is 5.75 Å². The molecule has 1 aliphatic carbocycles. The molecule has 1 aromatic heterocycles. The zero-order valence-electron chi connectivity index (χ0n) is 12.4. The van der Waals surface area contributed by atoms with Crippen LogP contribution in [0.3, 0.4) is 0 Å². The van der Waals surface area contributed by atoms with Crippen LogP contribution >= 0.6 is 11.3 Å². The van der Waals surface area contributed by atoms with Crippen molar-refractivity contribution in [2.45, 2.75) is 31.8 Å². The number of thiophene rings is 1. The van der Waals surface area contributed by atoms with Crippen LogP contribution in [0.1, 0.15) is 45.4 Å². The smallest absolute Gasteiger partial charge is 0.256 e. The first-order valence-corrected chi connectivity index (χ1v) is 8.44. The molecule has 2 aliphatic rings. The van der Waals surface area contributed by atoms with Crippen LogP contribution in [0, 0.1) is 0 Å². The van der Waals surface area contributed by atoms with Crippen molar-refractivity contribution in [1.29, 1.82) is 0 Å². The van der Waals surface area contributed by atoms with Crippen molar-refractivity contribution >= 4 is 22.2 Å². The number of rotatable bonds is 2. The fourth-order valence-electron chi connectivity index (χ4n) is 3.34. The molecule has 114 valence electrons. The summed E-state index contributed by atoms with van der Waals surface area (Å²) in [5, 5.41) is 7.56. The van der Waals surface area contributed by atoms with Gasteiger partial charge in [0.2, 0.25) is 0 Å². The number of nitrogens with one attached hydrogen (secondary N) is 2. The largest absolute Gasteiger partial charge is 0.496 e. The molecule has 0 radical (unpaired) electrons. The molecule has 0 saturated carbocycles. The summed E-state index contributed by atoms with van der Waals surface area (Å²) in [5.74, 6) is 0.814. The van der Waals surface area contributed by atoms with Gasteiger partial charge in [-0.25, -0.2) is 0 Å². The Kier molecular flexibility index (Phi) is 3.30. The Labute approximate surface area is 133 Å². The summed E-state index contributed by atoms with van der Waals surface area (Å²) < 4.78 is 5.42. The van der Waals surface area contributed by atoms with Crippen LogP contribution in [0.4, 0.5) is 5.00 Å². The van der Waals surface area contributed by atoms with E-state index in [4.69, 9.17) is 4.74 Å². The van der Waals surface area contributed by atoms with Crippen LogP contribution in [0.5, 0.6) is 5.75 Å². The Bertz CT molecular complexity index is 738. The SMILES string of the molecule is COc1ccccc1[C@H]1NC(=O)c2c(sc3c2CCCC3)N1. The minimum absolute atomic E-state index is 0.0315. The second kappa shape index (κ2) is 5.32. The number of ether oxygens (including phenoxy) is 1. The molecule has 0 saturated heterocycles. The van der Waals surface area contributed by atoms with E-state index in [1.807, 2.05) is 24.3 Å². The van der Waals surface area contributed by atoms with E-state index in [0.717, 1.165) is 34.7 Å². The average Bonchev–Trinajstić information content (AvgIpc) is 2.93. The predicted molar refractivity (Wildman–Crippen MR) is 87.8 cm³/mol. The number of methoxy groups -OCH3 is 1. The second-order valence-electron chi connectivity index (χ2n) is 5.71. The van der Waals surface area contributed by atoms with Gasteiger partial charge in [0.05, 0.1) is 12.7 Å². The molecule has 1 amide bonds. The lowest BCUT2D eigenvalue weighted by molar-refractivity contribution is 0.0935. The van der Waals surface area contributed by atoms with E-state index in [0.29, 0.717) is 0 Å². The average molecular weight is 314 g/mol. The summed E-state index contributed by atoms with van der Waals surface area (Å²) in [5.41, 5.74) is 3.08. The summed E-state index contributed by atoms with van der Waals surface area (Å²) in [6.07, 6.45) is 4.29.